The number of para-hydroxylation sites is 2. The second kappa shape index (κ2) is 6.62. The molecule has 2 aliphatic heterocycles. The van der Waals surface area contributed by atoms with Gasteiger partial charge in [0.1, 0.15) is 0 Å². The molecule has 0 radical (unpaired) electrons. The largest absolute Gasteiger partial charge is 0.337 e. The Morgan fingerprint density at radius 1 is 1.12 bits per heavy atom. The lowest BCUT2D eigenvalue weighted by Gasteiger charge is -2.38. The summed E-state index contributed by atoms with van der Waals surface area (Å²) >= 11 is 6.02. The molecule has 2 atom stereocenters. The summed E-state index contributed by atoms with van der Waals surface area (Å²) in [6, 6.07) is 20.3. The molecular formula is C21H23ClN2. The summed E-state index contributed by atoms with van der Waals surface area (Å²) in [7, 11) is 0. The highest BCUT2D eigenvalue weighted by atomic mass is 35.5. The minimum atomic E-state index is 0.558. The summed E-state index contributed by atoms with van der Waals surface area (Å²) in [4.78, 5) is 5.08. The first-order valence-electron chi connectivity index (χ1n) is 8.72. The lowest BCUT2D eigenvalue weighted by molar-refractivity contribution is 0.215. The number of rotatable bonds is 3. The molecule has 0 unspecified atom stereocenters. The Bertz CT molecular complexity index is 737. The van der Waals surface area contributed by atoms with E-state index in [1.165, 1.54) is 23.4 Å². The zero-order valence-electron chi connectivity index (χ0n) is 14.0. The molecule has 24 heavy (non-hydrogen) atoms. The smallest absolute Gasteiger partial charge is 0.0450 e. The molecule has 124 valence electrons. The van der Waals surface area contributed by atoms with Crippen LogP contribution in [0.2, 0.25) is 0 Å². The van der Waals surface area contributed by atoms with Crippen LogP contribution in [0, 0.1) is 0 Å². The topological polar surface area (TPSA) is 6.48 Å². The molecule has 2 aromatic rings. The van der Waals surface area contributed by atoms with Crippen molar-refractivity contribution >= 4 is 23.0 Å². The fraction of sp³-hybridized carbons (Fsp3) is 0.333. The Morgan fingerprint density at radius 2 is 1.88 bits per heavy atom. The summed E-state index contributed by atoms with van der Waals surface area (Å²) in [5.41, 5.74) is 4.18. The molecule has 0 aliphatic carbocycles. The van der Waals surface area contributed by atoms with Crippen molar-refractivity contribution in [2.75, 3.05) is 24.5 Å². The summed E-state index contributed by atoms with van der Waals surface area (Å²) in [5.74, 6) is 0.569. The molecule has 2 heterocycles. The van der Waals surface area contributed by atoms with Gasteiger partial charge < -0.3 is 4.90 Å². The van der Waals surface area contributed by atoms with Crippen LogP contribution in [-0.2, 0) is 0 Å². The van der Waals surface area contributed by atoms with Crippen molar-refractivity contribution < 1.29 is 0 Å². The van der Waals surface area contributed by atoms with Gasteiger partial charge in [-0.15, -0.1) is 0 Å². The number of nitrogens with zero attached hydrogens (tertiary/aromatic N) is 2. The average molecular weight is 339 g/mol. The SMILES string of the molecule is CC(Cl)=CCN1CC[C@H]2[C@H](C1)c1ccccc1N2c1ccccc1. The van der Waals surface area contributed by atoms with Crippen molar-refractivity contribution in [1.29, 1.82) is 0 Å². The third kappa shape index (κ3) is 2.85. The van der Waals surface area contributed by atoms with E-state index in [2.05, 4.69) is 70.5 Å². The number of likely N-dealkylation sites (tertiary alicyclic amines) is 1. The molecule has 2 aliphatic rings. The number of allylic oxidation sites excluding steroid dienone is 1. The van der Waals surface area contributed by atoms with Crippen LogP contribution in [-0.4, -0.2) is 30.6 Å². The van der Waals surface area contributed by atoms with E-state index in [4.69, 9.17) is 11.6 Å². The van der Waals surface area contributed by atoms with E-state index in [1.54, 1.807) is 0 Å². The van der Waals surface area contributed by atoms with Crippen molar-refractivity contribution in [1.82, 2.24) is 4.90 Å². The third-order valence-corrected chi connectivity index (χ3v) is 5.41. The zero-order valence-corrected chi connectivity index (χ0v) is 14.8. The molecule has 2 aromatic carbocycles. The number of hydrogen-bond acceptors (Lipinski definition) is 2. The fourth-order valence-corrected chi connectivity index (χ4v) is 4.23. The van der Waals surface area contributed by atoms with Crippen molar-refractivity contribution in [3.8, 4) is 0 Å². The number of halogens is 1. The maximum atomic E-state index is 6.02. The molecule has 0 spiro atoms. The summed E-state index contributed by atoms with van der Waals surface area (Å²) in [5, 5.41) is 0.884. The van der Waals surface area contributed by atoms with Crippen molar-refractivity contribution in [3.05, 3.63) is 71.3 Å². The van der Waals surface area contributed by atoms with Gasteiger partial charge in [0.15, 0.2) is 0 Å². The Balaban J connectivity index is 1.66. The van der Waals surface area contributed by atoms with Crippen LogP contribution in [0.5, 0.6) is 0 Å². The first-order valence-corrected chi connectivity index (χ1v) is 9.09. The molecule has 4 rings (SSSR count). The predicted molar refractivity (Wildman–Crippen MR) is 102 cm³/mol. The first kappa shape index (κ1) is 15.7. The number of hydrogen-bond donors (Lipinski definition) is 0. The van der Waals surface area contributed by atoms with Gasteiger partial charge in [0, 0.05) is 48.0 Å². The van der Waals surface area contributed by atoms with Gasteiger partial charge in [-0.05, 0) is 37.1 Å². The second-order valence-electron chi connectivity index (χ2n) is 6.78. The fourth-order valence-electron chi connectivity index (χ4n) is 4.16. The van der Waals surface area contributed by atoms with Gasteiger partial charge in [-0.2, -0.15) is 0 Å². The average Bonchev–Trinajstić information content (AvgIpc) is 2.94. The maximum Gasteiger partial charge on any atom is 0.0450 e. The summed E-state index contributed by atoms with van der Waals surface area (Å²) in [6.07, 6.45) is 3.31. The van der Waals surface area contributed by atoms with E-state index >= 15 is 0 Å². The standard InChI is InChI=1S/C21H23ClN2/c1-16(22)11-13-23-14-12-21-19(15-23)18-9-5-6-10-20(18)24(21)17-7-3-2-4-8-17/h2-11,19,21H,12-15H2,1H3/t19-,21+/m1/s1. The number of fused-ring (bicyclic) bond motifs is 3. The van der Waals surface area contributed by atoms with Gasteiger partial charge in [-0.3, -0.25) is 4.90 Å². The minimum absolute atomic E-state index is 0.558. The first-order chi connectivity index (χ1) is 11.7. The number of anilines is 2. The lowest BCUT2D eigenvalue weighted by Crippen LogP contribution is -2.44. The molecule has 0 bridgehead atoms. The third-order valence-electron chi connectivity index (χ3n) is 5.25. The van der Waals surface area contributed by atoms with Gasteiger partial charge in [0.25, 0.3) is 0 Å². The van der Waals surface area contributed by atoms with E-state index in [0.717, 1.165) is 24.7 Å². The molecule has 3 heteroatoms. The lowest BCUT2D eigenvalue weighted by atomic mass is 9.89. The Kier molecular flexibility index (Phi) is 4.34. The number of piperidine rings is 1. The van der Waals surface area contributed by atoms with Crippen molar-refractivity contribution in [3.63, 3.8) is 0 Å². The van der Waals surface area contributed by atoms with Crippen molar-refractivity contribution in [2.24, 2.45) is 0 Å². The van der Waals surface area contributed by atoms with Crippen LogP contribution in [0.25, 0.3) is 0 Å². The Labute approximate surface area is 149 Å². The highest BCUT2D eigenvalue weighted by Gasteiger charge is 2.41. The number of benzene rings is 2. The van der Waals surface area contributed by atoms with Crippen LogP contribution in [0.15, 0.2) is 65.7 Å². The van der Waals surface area contributed by atoms with E-state index < -0.39 is 0 Å². The molecule has 0 aromatic heterocycles. The quantitative estimate of drug-likeness (QED) is 0.764. The summed E-state index contributed by atoms with van der Waals surface area (Å²) < 4.78 is 0. The van der Waals surface area contributed by atoms with Gasteiger partial charge in [-0.25, -0.2) is 0 Å². The van der Waals surface area contributed by atoms with Gasteiger partial charge >= 0.3 is 0 Å². The Hall–Kier alpha value is -1.77. The minimum Gasteiger partial charge on any atom is -0.337 e. The molecule has 1 saturated heterocycles. The van der Waals surface area contributed by atoms with Crippen LogP contribution in [0.1, 0.15) is 24.8 Å². The van der Waals surface area contributed by atoms with Gasteiger partial charge in [-0.1, -0.05) is 54.1 Å². The van der Waals surface area contributed by atoms with Gasteiger partial charge in [0.05, 0.1) is 0 Å². The molecule has 1 fully saturated rings. The molecular weight excluding hydrogens is 316 g/mol. The normalized spacial score (nSPS) is 23.9. The van der Waals surface area contributed by atoms with Crippen LogP contribution in [0.4, 0.5) is 11.4 Å². The van der Waals surface area contributed by atoms with Crippen LogP contribution >= 0.6 is 11.6 Å². The van der Waals surface area contributed by atoms with Crippen LogP contribution in [0.3, 0.4) is 0 Å². The van der Waals surface area contributed by atoms with E-state index in [0.29, 0.717) is 12.0 Å². The van der Waals surface area contributed by atoms with E-state index in [1.807, 2.05) is 6.92 Å². The van der Waals surface area contributed by atoms with Crippen LogP contribution < -0.4 is 4.90 Å². The maximum absolute atomic E-state index is 6.02. The van der Waals surface area contributed by atoms with E-state index in [9.17, 15) is 0 Å². The van der Waals surface area contributed by atoms with Gasteiger partial charge in [0.2, 0.25) is 0 Å². The monoisotopic (exact) mass is 338 g/mol. The predicted octanol–water partition coefficient (Wildman–Crippen LogP) is 5.14. The molecule has 0 amide bonds. The highest BCUT2D eigenvalue weighted by Crippen LogP contribution is 2.48. The Morgan fingerprint density at radius 3 is 2.67 bits per heavy atom. The summed E-state index contributed by atoms with van der Waals surface area (Å²) in [6.45, 7) is 5.13. The highest BCUT2D eigenvalue weighted by molar-refractivity contribution is 6.29. The van der Waals surface area contributed by atoms with E-state index in [-0.39, 0.29) is 0 Å². The zero-order chi connectivity index (χ0) is 16.5. The van der Waals surface area contributed by atoms with Crippen molar-refractivity contribution in [2.45, 2.75) is 25.3 Å². The second-order valence-corrected chi connectivity index (χ2v) is 7.37. The molecule has 2 nitrogen and oxygen atoms in total. The molecule has 0 N–H and O–H groups in total. The molecule has 0 saturated carbocycles.